The number of ether oxygens (including phenoxy) is 3. The summed E-state index contributed by atoms with van der Waals surface area (Å²) < 4.78 is 59.0. The Hall–Kier alpha value is -4.55. The molecule has 1 saturated carbocycles. The van der Waals surface area contributed by atoms with Crippen molar-refractivity contribution in [3.63, 3.8) is 0 Å². The van der Waals surface area contributed by atoms with E-state index >= 15 is 0 Å². The van der Waals surface area contributed by atoms with Crippen LogP contribution in [0.25, 0.3) is 0 Å². The molecule has 1 fully saturated rings. The first-order valence-corrected chi connectivity index (χ1v) is 13.8. The summed E-state index contributed by atoms with van der Waals surface area (Å²) >= 11 is 0. The van der Waals surface area contributed by atoms with Crippen molar-refractivity contribution in [3.8, 4) is 17.2 Å². The summed E-state index contributed by atoms with van der Waals surface area (Å²) in [5, 5.41) is 12.1. The Morgan fingerprint density at radius 2 is 1.72 bits per heavy atom. The number of nitrogens with zero attached hydrogens (tertiary/aromatic N) is 3. The number of rotatable bonds is 9. The molecule has 3 aromatic rings. The zero-order valence-electron chi connectivity index (χ0n) is 23.7. The molecule has 13 heteroatoms. The van der Waals surface area contributed by atoms with E-state index in [2.05, 4.69) is 15.3 Å². The molecule has 0 unspecified atom stereocenters. The number of benzene rings is 2. The van der Waals surface area contributed by atoms with E-state index in [1.54, 1.807) is 37.3 Å². The van der Waals surface area contributed by atoms with Gasteiger partial charge < -0.3 is 29.5 Å². The van der Waals surface area contributed by atoms with E-state index < -0.39 is 34.8 Å². The largest absolute Gasteiger partial charge is 0.497 e. The number of alkyl halides is 3. The fraction of sp³-hybridized carbons (Fsp3) is 0.400. The number of hydrogen-bond acceptors (Lipinski definition) is 8. The summed E-state index contributed by atoms with van der Waals surface area (Å²) in [6, 6.07) is 10.6. The third-order valence-electron chi connectivity index (χ3n) is 7.76. The van der Waals surface area contributed by atoms with Gasteiger partial charge in [0.25, 0.3) is 5.91 Å². The number of hydrogen-bond donors (Lipinski definition) is 2. The van der Waals surface area contributed by atoms with Crippen LogP contribution in [0.5, 0.6) is 17.2 Å². The number of halogens is 3. The lowest BCUT2D eigenvalue weighted by Gasteiger charge is -2.34. The summed E-state index contributed by atoms with van der Waals surface area (Å²) in [5.74, 6) is -0.835. The van der Waals surface area contributed by atoms with Gasteiger partial charge in [0.1, 0.15) is 29.4 Å². The highest BCUT2D eigenvalue weighted by Crippen LogP contribution is 2.38. The van der Waals surface area contributed by atoms with E-state index in [1.165, 1.54) is 0 Å². The van der Waals surface area contributed by atoms with Crippen LogP contribution >= 0.6 is 0 Å². The molecule has 1 amide bonds. The van der Waals surface area contributed by atoms with Crippen molar-refractivity contribution >= 4 is 23.5 Å². The molecule has 0 saturated heterocycles. The lowest BCUT2D eigenvalue weighted by Crippen LogP contribution is -2.55. The Morgan fingerprint density at radius 3 is 2.35 bits per heavy atom. The maximum atomic E-state index is 14.1. The fourth-order valence-corrected chi connectivity index (χ4v) is 5.51. The van der Waals surface area contributed by atoms with Crippen LogP contribution in [0.3, 0.4) is 0 Å². The number of nitrogens with one attached hydrogen (secondary N) is 1. The summed E-state index contributed by atoms with van der Waals surface area (Å²) in [6.07, 6.45) is -1.49. The second kappa shape index (κ2) is 12.0. The summed E-state index contributed by atoms with van der Waals surface area (Å²) in [4.78, 5) is 34.4. The lowest BCUT2D eigenvalue weighted by atomic mass is 9.81. The third-order valence-corrected chi connectivity index (χ3v) is 7.76. The number of anilines is 2. The molecular formula is C30H31F3N4O6. The number of methoxy groups -OCH3 is 2. The van der Waals surface area contributed by atoms with E-state index in [4.69, 9.17) is 14.2 Å². The predicted octanol–water partition coefficient (Wildman–Crippen LogP) is 5.30. The molecule has 10 nitrogen and oxygen atoms in total. The van der Waals surface area contributed by atoms with Gasteiger partial charge in [-0.2, -0.15) is 13.2 Å². The highest BCUT2D eigenvalue weighted by atomic mass is 19.4. The Balaban J connectivity index is 1.36. The molecule has 228 valence electrons. The zero-order chi connectivity index (χ0) is 30.8. The normalized spacial score (nSPS) is 15.9. The Labute approximate surface area is 245 Å². The molecule has 1 aliphatic carbocycles. The maximum absolute atomic E-state index is 14.1. The summed E-state index contributed by atoms with van der Waals surface area (Å²) in [6.45, 7) is 0.553. The van der Waals surface area contributed by atoms with E-state index in [1.807, 2.05) is 18.2 Å². The Morgan fingerprint density at radius 1 is 1.02 bits per heavy atom. The molecule has 43 heavy (non-hydrogen) atoms. The zero-order valence-corrected chi connectivity index (χ0v) is 23.7. The maximum Gasteiger partial charge on any atom is 0.434 e. The minimum Gasteiger partial charge on any atom is -0.497 e. The van der Waals surface area contributed by atoms with Crippen molar-refractivity contribution in [1.82, 2.24) is 15.3 Å². The lowest BCUT2D eigenvalue weighted by molar-refractivity contribution is -0.145. The van der Waals surface area contributed by atoms with E-state index in [-0.39, 0.29) is 25.4 Å². The highest BCUT2D eigenvalue weighted by molar-refractivity contribution is 5.98. The van der Waals surface area contributed by atoms with Crippen LogP contribution < -0.4 is 24.4 Å². The van der Waals surface area contributed by atoms with Crippen molar-refractivity contribution in [2.45, 2.75) is 56.8 Å². The number of aromatic nitrogens is 2. The van der Waals surface area contributed by atoms with Gasteiger partial charge in [-0.3, -0.25) is 4.79 Å². The van der Waals surface area contributed by atoms with Crippen LogP contribution in [0.2, 0.25) is 0 Å². The first kappa shape index (κ1) is 29.9. The van der Waals surface area contributed by atoms with Crippen molar-refractivity contribution in [1.29, 1.82) is 0 Å². The smallest absolute Gasteiger partial charge is 0.434 e. The van der Waals surface area contributed by atoms with Crippen LogP contribution in [-0.2, 0) is 24.0 Å². The first-order chi connectivity index (χ1) is 20.5. The monoisotopic (exact) mass is 600 g/mol. The van der Waals surface area contributed by atoms with Gasteiger partial charge in [0.05, 0.1) is 19.8 Å². The average Bonchev–Trinajstić information content (AvgIpc) is 3.42. The first-order valence-electron chi connectivity index (χ1n) is 13.8. The van der Waals surface area contributed by atoms with E-state index in [9.17, 15) is 27.9 Å². The summed E-state index contributed by atoms with van der Waals surface area (Å²) in [7, 11) is 3.11. The summed E-state index contributed by atoms with van der Waals surface area (Å²) in [5.41, 5.74) is -1.59. The molecule has 0 radical (unpaired) electrons. The second-order valence-corrected chi connectivity index (χ2v) is 10.5. The molecule has 2 aliphatic rings. The van der Waals surface area contributed by atoms with Crippen molar-refractivity contribution in [3.05, 3.63) is 65.0 Å². The minimum absolute atomic E-state index is 0.137. The molecule has 0 bridgehead atoms. The minimum atomic E-state index is -4.98. The molecule has 2 aromatic carbocycles. The quantitative estimate of drug-likeness (QED) is 0.337. The number of carboxylic acids is 1. The number of carbonyl (C=O) groups is 2. The fourth-order valence-electron chi connectivity index (χ4n) is 5.51. The number of fused-ring (bicyclic) bond motifs is 1. The number of carboxylic acid groups (broad SMARTS) is 1. The molecule has 1 aromatic heterocycles. The highest BCUT2D eigenvalue weighted by Gasteiger charge is 2.44. The van der Waals surface area contributed by atoms with Crippen LogP contribution in [-0.4, -0.2) is 53.3 Å². The van der Waals surface area contributed by atoms with Gasteiger partial charge in [-0.25, -0.2) is 14.8 Å². The van der Waals surface area contributed by atoms with E-state index in [0.717, 1.165) is 23.7 Å². The van der Waals surface area contributed by atoms with E-state index in [0.29, 0.717) is 48.7 Å². The van der Waals surface area contributed by atoms with Gasteiger partial charge in [-0.15, -0.1) is 0 Å². The molecule has 5 rings (SSSR count). The van der Waals surface area contributed by atoms with Crippen molar-refractivity contribution in [2.24, 2.45) is 0 Å². The topological polar surface area (TPSA) is 123 Å². The standard InChI is InChI=1S/C30H31F3N4O6/c1-41-21-12-18(13-22(15-21)42-2)17-43-20-6-7-24-19(14-20)8-11-37(24)28-34-16-23(25(35-28)30(31,32)33)26(38)36-29(27(39)40)9-4-3-5-10-29/h6-7,12-16H,3-5,8-11,17H2,1-2H3,(H,36,38)(H,39,40). The van der Waals surface area contributed by atoms with Gasteiger partial charge in [-0.1, -0.05) is 19.3 Å². The number of aliphatic carboxylic acids is 1. The molecule has 0 spiro atoms. The van der Waals surface area contributed by atoms with Gasteiger partial charge >= 0.3 is 12.1 Å². The second-order valence-electron chi connectivity index (χ2n) is 10.5. The Bertz CT molecular complexity index is 1500. The van der Waals surface area contributed by atoms with Crippen LogP contribution in [0.1, 0.15) is 59.3 Å². The van der Waals surface area contributed by atoms with Crippen LogP contribution in [0, 0.1) is 0 Å². The number of amides is 1. The molecule has 0 atom stereocenters. The van der Waals surface area contributed by atoms with Gasteiger partial charge in [-0.05, 0) is 60.7 Å². The molecule has 1 aliphatic heterocycles. The van der Waals surface area contributed by atoms with Gasteiger partial charge in [0, 0.05) is 24.5 Å². The SMILES string of the molecule is COc1cc(COc2ccc3c(c2)CCN3c2ncc(C(=O)NC3(C(=O)O)CCCCC3)c(C(F)(F)F)n2)cc(OC)c1. The van der Waals surface area contributed by atoms with Crippen molar-refractivity contribution < 1.29 is 42.1 Å². The average molecular weight is 601 g/mol. The van der Waals surface area contributed by atoms with Gasteiger partial charge in [0.15, 0.2) is 5.69 Å². The molecule has 2 N–H and O–H groups in total. The van der Waals surface area contributed by atoms with Crippen LogP contribution in [0.4, 0.5) is 24.8 Å². The molecule has 2 heterocycles. The van der Waals surface area contributed by atoms with Crippen molar-refractivity contribution in [2.75, 3.05) is 25.7 Å². The third kappa shape index (κ3) is 6.30. The predicted molar refractivity (Wildman–Crippen MR) is 149 cm³/mol. The Kier molecular flexibility index (Phi) is 8.34. The van der Waals surface area contributed by atoms with Gasteiger partial charge in [0.2, 0.25) is 5.95 Å². The number of carbonyl (C=O) groups excluding carboxylic acids is 1. The molecular weight excluding hydrogens is 569 g/mol. The van der Waals surface area contributed by atoms with Crippen LogP contribution in [0.15, 0.2) is 42.6 Å².